The number of carbonyl (C=O) groups excluding carboxylic acids is 1. The van der Waals surface area contributed by atoms with Crippen LogP contribution in [-0.2, 0) is 17.6 Å². The van der Waals surface area contributed by atoms with Gasteiger partial charge in [0.1, 0.15) is 18.0 Å². The van der Waals surface area contributed by atoms with Crippen molar-refractivity contribution in [3.05, 3.63) is 29.1 Å². The van der Waals surface area contributed by atoms with E-state index in [9.17, 15) is 15.0 Å². The number of carbonyl (C=O) groups is 1. The van der Waals surface area contributed by atoms with E-state index >= 15 is 0 Å². The van der Waals surface area contributed by atoms with Crippen molar-refractivity contribution in [3.8, 4) is 0 Å². The summed E-state index contributed by atoms with van der Waals surface area (Å²) in [4.78, 5) is 15.6. The minimum absolute atomic E-state index is 0.109. The molecule has 2 atom stereocenters. The Morgan fingerprint density at radius 2 is 2.12 bits per heavy atom. The zero-order valence-electron chi connectivity index (χ0n) is 9.33. The van der Waals surface area contributed by atoms with Gasteiger partial charge in [-0.05, 0) is 23.6 Å². The molecule has 0 bridgehead atoms. The van der Waals surface area contributed by atoms with Gasteiger partial charge in [0.25, 0.3) is 0 Å². The molecule has 0 fully saturated rings. The summed E-state index contributed by atoms with van der Waals surface area (Å²) in [7, 11) is 0. The number of aryl methyl sites for hydroxylation is 1. The Labute approximate surface area is 98.7 Å². The second kappa shape index (κ2) is 4.91. The SMILES string of the molecule is O=C1CCc2nccc([C@@H](O)[C@H](O)CO)c2C1. The van der Waals surface area contributed by atoms with Gasteiger partial charge in [-0.2, -0.15) is 0 Å². The molecular formula is C12H15NO4. The summed E-state index contributed by atoms with van der Waals surface area (Å²) in [6.45, 7) is -0.522. The number of hydrogen-bond acceptors (Lipinski definition) is 5. The molecule has 0 spiro atoms. The van der Waals surface area contributed by atoms with Crippen LogP contribution in [0.3, 0.4) is 0 Å². The third-order valence-electron chi connectivity index (χ3n) is 3.07. The number of Topliss-reactive ketones (excluding diaryl/α,β-unsaturated/α-hetero) is 1. The highest BCUT2D eigenvalue weighted by molar-refractivity contribution is 5.83. The van der Waals surface area contributed by atoms with E-state index in [1.54, 1.807) is 12.3 Å². The second-order valence-corrected chi connectivity index (χ2v) is 4.24. The fourth-order valence-electron chi connectivity index (χ4n) is 2.10. The van der Waals surface area contributed by atoms with Gasteiger partial charge in [0, 0.05) is 24.7 Å². The third kappa shape index (κ3) is 2.36. The molecule has 92 valence electrons. The minimum Gasteiger partial charge on any atom is -0.394 e. The van der Waals surface area contributed by atoms with Crippen molar-refractivity contribution >= 4 is 5.78 Å². The predicted octanol–water partition coefficient (Wildman–Crippen LogP) is -0.474. The summed E-state index contributed by atoms with van der Waals surface area (Å²) in [5.41, 5.74) is 1.99. The number of rotatable bonds is 3. The molecule has 1 aliphatic rings. The summed E-state index contributed by atoms with van der Waals surface area (Å²) in [6.07, 6.45) is 0.429. The van der Waals surface area contributed by atoms with Crippen molar-refractivity contribution in [1.82, 2.24) is 4.98 Å². The van der Waals surface area contributed by atoms with Gasteiger partial charge in [-0.1, -0.05) is 0 Å². The number of aliphatic hydroxyl groups is 3. The lowest BCUT2D eigenvalue weighted by Gasteiger charge is -2.22. The van der Waals surface area contributed by atoms with Crippen LogP contribution in [-0.4, -0.2) is 38.8 Å². The van der Waals surface area contributed by atoms with E-state index in [2.05, 4.69) is 4.98 Å². The number of hydrogen-bond donors (Lipinski definition) is 3. The number of pyridine rings is 1. The van der Waals surface area contributed by atoms with Gasteiger partial charge in [-0.15, -0.1) is 0 Å². The van der Waals surface area contributed by atoms with E-state index < -0.39 is 18.8 Å². The van der Waals surface area contributed by atoms with Gasteiger partial charge in [0.15, 0.2) is 0 Å². The van der Waals surface area contributed by atoms with Crippen molar-refractivity contribution in [2.45, 2.75) is 31.5 Å². The molecular weight excluding hydrogens is 222 g/mol. The van der Waals surface area contributed by atoms with Crippen LogP contribution in [0.15, 0.2) is 12.3 Å². The molecule has 3 N–H and O–H groups in total. The highest BCUT2D eigenvalue weighted by atomic mass is 16.4. The lowest BCUT2D eigenvalue weighted by atomic mass is 9.88. The molecule has 5 nitrogen and oxygen atoms in total. The summed E-state index contributed by atoms with van der Waals surface area (Å²) >= 11 is 0. The van der Waals surface area contributed by atoms with Crippen molar-refractivity contribution in [3.63, 3.8) is 0 Å². The number of ketones is 1. The Kier molecular flexibility index (Phi) is 3.51. The lowest BCUT2D eigenvalue weighted by molar-refractivity contribution is -0.118. The fraction of sp³-hybridized carbons (Fsp3) is 0.500. The number of aliphatic hydroxyl groups excluding tert-OH is 3. The molecule has 2 rings (SSSR count). The molecule has 0 amide bonds. The van der Waals surface area contributed by atoms with Gasteiger partial charge >= 0.3 is 0 Å². The average molecular weight is 237 g/mol. The number of nitrogens with zero attached hydrogens (tertiary/aromatic N) is 1. The summed E-state index contributed by atoms with van der Waals surface area (Å²) in [6, 6.07) is 1.58. The summed E-state index contributed by atoms with van der Waals surface area (Å²) in [5.74, 6) is 0.109. The second-order valence-electron chi connectivity index (χ2n) is 4.24. The Morgan fingerprint density at radius 3 is 2.82 bits per heavy atom. The molecule has 0 radical (unpaired) electrons. The zero-order valence-corrected chi connectivity index (χ0v) is 9.33. The maximum atomic E-state index is 11.4. The monoisotopic (exact) mass is 237 g/mol. The van der Waals surface area contributed by atoms with E-state index in [1.165, 1.54) is 0 Å². The van der Waals surface area contributed by atoms with E-state index in [-0.39, 0.29) is 12.2 Å². The first-order valence-corrected chi connectivity index (χ1v) is 5.59. The lowest BCUT2D eigenvalue weighted by Crippen LogP contribution is -2.25. The van der Waals surface area contributed by atoms with Gasteiger partial charge in [-0.3, -0.25) is 9.78 Å². The first-order chi connectivity index (χ1) is 8.13. The van der Waals surface area contributed by atoms with E-state index in [0.29, 0.717) is 24.0 Å². The zero-order chi connectivity index (χ0) is 12.4. The topological polar surface area (TPSA) is 90.7 Å². The van der Waals surface area contributed by atoms with Gasteiger partial charge in [-0.25, -0.2) is 0 Å². The van der Waals surface area contributed by atoms with Crippen LogP contribution in [0.2, 0.25) is 0 Å². The maximum Gasteiger partial charge on any atom is 0.137 e. The number of fused-ring (bicyclic) bond motifs is 1. The van der Waals surface area contributed by atoms with Gasteiger partial charge in [0.05, 0.1) is 6.61 Å². The third-order valence-corrected chi connectivity index (χ3v) is 3.07. The molecule has 1 aromatic heterocycles. The Hall–Kier alpha value is -1.30. The standard InChI is InChI=1S/C12H15NO4/c14-6-11(16)12(17)8-3-4-13-10-2-1-7(15)5-9(8)10/h3-4,11-12,14,16-17H,1-2,5-6H2/t11-,12-/m1/s1. The Balaban J connectivity index is 2.38. The van der Waals surface area contributed by atoms with Crippen LogP contribution in [0.1, 0.15) is 29.3 Å². The molecule has 0 saturated heterocycles. The average Bonchev–Trinajstić information content (AvgIpc) is 2.36. The molecule has 0 aliphatic heterocycles. The van der Waals surface area contributed by atoms with Crippen LogP contribution in [0.5, 0.6) is 0 Å². The Morgan fingerprint density at radius 1 is 1.35 bits per heavy atom. The summed E-state index contributed by atoms with van der Waals surface area (Å²) < 4.78 is 0. The molecule has 1 heterocycles. The molecule has 1 aromatic rings. The molecule has 0 aromatic carbocycles. The van der Waals surface area contributed by atoms with Gasteiger partial charge < -0.3 is 15.3 Å². The largest absolute Gasteiger partial charge is 0.394 e. The normalized spacial score (nSPS) is 18.6. The van der Waals surface area contributed by atoms with Crippen molar-refractivity contribution in [2.75, 3.05) is 6.61 Å². The highest BCUT2D eigenvalue weighted by Gasteiger charge is 2.26. The first-order valence-electron chi connectivity index (χ1n) is 5.59. The fourth-order valence-corrected chi connectivity index (χ4v) is 2.10. The van der Waals surface area contributed by atoms with Crippen molar-refractivity contribution in [1.29, 1.82) is 0 Å². The quantitative estimate of drug-likeness (QED) is 0.661. The smallest absolute Gasteiger partial charge is 0.137 e. The summed E-state index contributed by atoms with van der Waals surface area (Å²) in [5, 5.41) is 28.2. The van der Waals surface area contributed by atoms with Crippen LogP contribution >= 0.6 is 0 Å². The molecule has 5 heteroatoms. The van der Waals surface area contributed by atoms with Crippen LogP contribution in [0.4, 0.5) is 0 Å². The highest BCUT2D eigenvalue weighted by Crippen LogP contribution is 2.27. The van der Waals surface area contributed by atoms with Gasteiger partial charge in [0.2, 0.25) is 0 Å². The van der Waals surface area contributed by atoms with Crippen LogP contribution < -0.4 is 0 Å². The van der Waals surface area contributed by atoms with Crippen molar-refractivity contribution in [2.24, 2.45) is 0 Å². The van der Waals surface area contributed by atoms with E-state index in [1.807, 2.05) is 0 Å². The molecule has 0 unspecified atom stereocenters. The van der Waals surface area contributed by atoms with E-state index in [4.69, 9.17) is 5.11 Å². The minimum atomic E-state index is -1.24. The maximum absolute atomic E-state index is 11.4. The molecule has 1 aliphatic carbocycles. The Bertz CT molecular complexity index is 433. The van der Waals surface area contributed by atoms with Crippen molar-refractivity contribution < 1.29 is 20.1 Å². The van der Waals surface area contributed by atoms with Crippen LogP contribution in [0.25, 0.3) is 0 Å². The number of aromatic nitrogens is 1. The van der Waals surface area contributed by atoms with Crippen LogP contribution in [0, 0.1) is 0 Å². The molecule has 17 heavy (non-hydrogen) atoms. The van der Waals surface area contributed by atoms with E-state index in [0.717, 1.165) is 5.69 Å². The molecule has 0 saturated carbocycles. The first kappa shape index (κ1) is 12.2. The predicted molar refractivity (Wildman–Crippen MR) is 59.3 cm³/mol.